The normalized spacial score (nSPS) is 18.5. The number of fused-ring (bicyclic) bond motifs is 1. The van der Waals surface area contributed by atoms with Gasteiger partial charge in [0.05, 0.1) is 17.9 Å². The molecule has 7 nitrogen and oxygen atoms in total. The predicted molar refractivity (Wildman–Crippen MR) is 96.7 cm³/mol. The van der Waals surface area contributed by atoms with E-state index in [2.05, 4.69) is 35.7 Å². The molecule has 0 saturated carbocycles. The van der Waals surface area contributed by atoms with Crippen molar-refractivity contribution in [3.63, 3.8) is 0 Å². The first-order chi connectivity index (χ1) is 10.8. The molecule has 134 valence electrons. The molecule has 1 N–H and O–H groups in total. The van der Waals surface area contributed by atoms with Crippen LogP contribution in [0.5, 0.6) is 0 Å². The van der Waals surface area contributed by atoms with E-state index in [-0.39, 0.29) is 24.8 Å². The number of hydrogen-bond acceptors (Lipinski definition) is 5. The highest BCUT2D eigenvalue weighted by atomic mass is 35.5. The number of hydrogen-bond donors (Lipinski definition) is 1. The van der Waals surface area contributed by atoms with Crippen molar-refractivity contribution in [3.05, 3.63) is 29.6 Å². The minimum absolute atomic E-state index is 0. The summed E-state index contributed by atoms with van der Waals surface area (Å²) >= 11 is 0. The van der Waals surface area contributed by atoms with Gasteiger partial charge in [0.25, 0.3) is 0 Å². The smallest absolute Gasteiger partial charge is 0.135 e. The molecule has 0 bridgehead atoms. The third-order valence-corrected chi connectivity index (χ3v) is 4.81. The maximum Gasteiger partial charge on any atom is 0.135 e. The summed E-state index contributed by atoms with van der Waals surface area (Å²) in [6.07, 6.45) is 4.11. The van der Waals surface area contributed by atoms with E-state index >= 15 is 0 Å². The second-order valence-electron chi connectivity index (χ2n) is 6.38. The van der Waals surface area contributed by atoms with Crippen LogP contribution in [0.1, 0.15) is 36.0 Å². The molecule has 2 aromatic heterocycles. The van der Waals surface area contributed by atoms with E-state index in [1.165, 1.54) is 11.4 Å². The van der Waals surface area contributed by atoms with E-state index in [0.29, 0.717) is 5.92 Å². The van der Waals surface area contributed by atoms with Crippen LogP contribution in [0.3, 0.4) is 0 Å². The van der Waals surface area contributed by atoms with Gasteiger partial charge in [-0.05, 0) is 32.0 Å². The summed E-state index contributed by atoms with van der Waals surface area (Å²) in [4.78, 5) is 2.51. The Morgan fingerprint density at radius 2 is 2.00 bits per heavy atom. The highest BCUT2D eigenvalue weighted by Crippen LogP contribution is 2.26. The van der Waals surface area contributed by atoms with Crippen LogP contribution in [0.15, 0.2) is 12.4 Å². The molecule has 0 amide bonds. The molecule has 0 radical (unpaired) electrons. The van der Waals surface area contributed by atoms with Crippen molar-refractivity contribution >= 4 is 24.8 Å². The number of aryl methyl sites for hydroxylation is 1. The van der Waals surface area contributed by atoms with Crippen molar-refractivity contribution in [1.29, 1.82) is 0 Å². The molecule has 1 fully saturated rings. The Bertz CT molecular complexity index is 623. The molecule has 4 heterocycles. The minimum atomic E-state index is 0. The van der Waals surface area contributed by atoms with Crippen LogP contribution in [-0.4, -0.2) is 49.1 Å². The van der Waals surface area contributed by atoms with Gasteiger partial charge in [-0.1, -0.05) is 0 Å². The zero-order valence-corrected chi connectivity index (χ0v) is 15.5. The van der Waals surface area contributed by atoms with Crippen molar-refractivity contribution in [2.45, 2.75) is 38.4 Å². The van der Waals surface area contributed by atoms with Gasteiger partial charge in [-0.3, -0.25) is 9.58 Å². The predicted octanol–water partition coefficient (Wildman–Crippen LogP) is 1.34. The first-order valence-corrected chi connectivity index (χ1v) is 8.12. The topological polar surface area (TPSA) is 63.8 Å². The summed E-state index contributed by atoms with van der Waals surface area (Å²) in [7, 11) is 2.03. The fourth-order valence-corrected chi connectivity index (χ4v) is 3.57. The van der Waals surface area contributed by atoms with E-state index in [1.807, 2.05) is 7.05 Å². The Hall–Kier alpha value is -1.15. The van der Waals surface area contributed by atoms with E-state index in [4.69, 9.17) is 5.10 Å². The third-order valence-electron chi connectivity index (χ3n) is 4.81. The summed E-state index contributed by atoms with van der Waals surface area (Å²) < 4.78 is 4.20. The molecule has 2 aliphatic heterocycles. The largest absolute Gasteiger partial charge is 0.320 e. The molecule has 0 unspecified atom stereocenters. The Kier molecular flexibility index (Phi) is 6.62. The van der Waals surface area contributed by atoms with Crippen molar-refractivity contribution in [2.24, 2.45) is 7.05 Å². The van der Waals surface area contributed by atoms with Crippen LogP contribution in [-0.2, 0) is 26.7 Å². The van der Waals surface area contributed by atoms with Crippen LogP contribution in [0, 0.1) is 0 Å². The monoisotopic (exact) mass is 373 g/mol. The van der Waals surface area contributed by atoms with Crippen molar-refractivity contribution in [1.82, 2.24) is 34.8 Å². The highest BCUT2D eigenvalue weighted by molar-refractivity contribution is 5.85. The second kappa shape index (κ2) is 8.29. The zero-order chi connectivity index (χ0) is 14.9. The van der Waals surface area contributed by atoms with Gasteiger partial charge >= 0.3 is 0 Å². The number of likely N-dealkylation sites (tertiary alicyclic amines) is 1. The summed E-state index contributed by atoms with van der Waals surface area (Å²) in [6, 6.07) is 2.25. The number of halogens is 2. The van der Waals surface area contributed by atoms with E-state index in [0.717, 1.165) is 57.9 Å². The molecule has 0 atom stereocenters. The van der Waals surface area contributed by atoms with Gasteiger partial charge in [-0.2, -0.15) is 5.10 Å². The minimum Gasteiger partial charge on any atom is -0.320 e. The average Bonchev–Trinajstić information content (AvgIpc) is 3.13. The average molecular weight is 374 g/mol. The second-order valence-corrected chi connectivity index (χ2v) is 6.38. The van der Waals surface area contributed by atoms with E-state index < -0.39 is 0 Å². The molecule has 0 aliphatic carbocycles. The fourth-order valence-electron chi connectivity index (χ4n) is 3.57. The summed E-state index contributed by atoms with van der Waals surface area (Å²) in [5.41, 5.74) is 2.52. The first-order valence-electron chi connectivity index (χ1n) is 8.12. The lowest BCUT2D eigenvalue weighted by Crippen LogP contribution is -2.33. The van der Waals surface area contributed by atoms with E-state index in [1.54, 1.807) is 6.33 Å². The van der Waals surface area contributed by atoms with Gasteiger partial charge < -0.3 is 9.88 Å². The molecule has 1 saturated heterocycles. The number of aromatic nitrogens is 5. The Labute approximate surface area is 154 Å². The standard InChI is InChI=1S/C15H23N7.2ClH/c1-20-11-17-18-15(20)12-2-5-21(6-3-12)10-13-8-14-9-16-4-7-22(14)19-13;;/h8,11-12,16H,2-7,9-10H2,1H3;2*1H. The molecule has 4 rings (SSSR count). The highest BCUT2D eigenvalue weighted by Gasteiger charge is 2.24. The summed E-state index contributed by atoms with van der Waals surface area (Å²) in [5, 5.41) is 16.4. The van der Waals surface area contributed by atoms with Crippen molar-refractivity contribution < 1.29 is 0 Å². The van der Waals surface area contributed by atoms with Gasteiger partial charge in [0.2, 0.25) is 0 Å². The van der Waals surface area contributed by atoms with Crippen LogP contribution in [0.4, 0.5) is 0 Å². The molecular weight excluding hydrogens is 349 g/mol. The third kappa shape index (κ3) is 3.91. The Balaban J connectivity index is 0.00000104. The molecule has 2 aromatic rings. The molecule has 0 spiro atoms. The number of nitrogens with one attached hydrogen (secondary N) is 1. The maximum absolute atomic E-state index is 4.74. The zero-order valence-electron chi connectivity index (χ0n) is 13.9. The number of piperidine rings is 1. The van der Waals surface area contributed by atoms with Gasteiger partial charge in [0.1, 0.15) is 12.2 Å². The number of nitrogens with zero attached hydrogens (tertiary/aromatic N) is 6. The summed E-state index contributed by atoms with van der Waals surface area (Å²) in [5.74, 6) is 1.67. The van der Waals surface area contributed by atoms with Gasteiger partial charge in [-0.25, -0.2) is 0 Å². The molecule has 9 heteroatoms. The van der Waals surface area contributed by atoms with E-state index in [9.17, 15) is 0 Å². The van der Waals surface area contributed by atoms with Crippen molar-refractivity contribution in [2.75, 3.05) is 19.6 Å². The van der Waals surface area contributed by atoms with Crippen LogP contribution >= 0.6 is 24.8 Å². The van der Waals surface area contributed by atoms with Crippen LogP contribution in [0.2, 0.25) is 0 Å². The Morgan fingerprint density at radius 3 is 2.67 bits per heavy atom. The van der Waals surface area contributed by atoms with Crippen LogP contribution < -0.4 is 5.32 Å². The SMILES string of the molecule is Cl.Cl.Cn1cnnc1C1CCN(Cc2cc3n(n2)CCNC3)CC1. The maximum atomic E-state index is 4.74. The summed E-state index contributed by atoms with van der Waals surface area (Å²) in [6.45, 7) is 6.14. The van der Waals surface area contributed by atoms with Gasteiger partial charge in [-0.15, -0.1) is 35.0 Å². The molecular formula is C15H25Cl2N7. The molecule has 2 aliphatic rings. The number of rotatable bonds is 3. The van der Waals surface area contributed by atoms with Crippen LogP contribution in [0.25, 0.3) is 0 Å². The lowest BCUT2D eigenvalue weighted by atomic mass is 9.96. The fraction of sp³-hybridized carbons (Fsp3) is 0.667. The lowest BCUT2D eigenvalue weighted by Gasteiger charge is -2.30. The lowest BCUT2D eigenvalue weighted by molar-refractivity contribution is 0.198. The van der Waals surface area contributed by atoms with Gasteiger partial charge in [0.15, 0.2) is 0 Å². The first kappa shape index (κ1) is 19.2. The molecule has 24 heavy (non-hydrogen) atoms. The van der Waals surface area contributed by atoms with Gasteiger partial charge in [0, 0.05) is 32.6 Å². The quantitative estimate of drug-likeness (QED) is 0.879. The Morgan fingerprint density at radius 1 is 1.21 bits per heavy atom. The van der Waals surface area contributed by atoms with Crippen molar-refractivity contribution in [3.8, 4) is 0 Å². The molecule has 0 aromatic carbocycles.